The lowest BCUT2D eigenvalue weighted by Gasteiger charge is -2.18. The van der Waals surface area contributed by atoms with E-state index in [0.29, 0.717) is 17.8 Å². The Morgan fingerprint density at radius 2 is 2.04 bits per heavy atom. The summed E-state index contributed by atoms with van der Waals surface area (Å²) in [6.45, 7) is 1.48. The first-order chi connectivity index (χ1) is 12.7. The topological polar surface area (TPSA) is 74.3 Å². The van der Waals surface area contributed by atoms with Crippen molar-refractivity contribution in [1.29, 1.82) is 0 Å². The maximum Gasteiger partial charge on any atom is 0.254 e. The number of carbonyl (C=O) groups is 2. The molecule has 1 aliphatic rings. The number of rotatable bonds is 7. The number of aryl methyl sites for hydroxylation is 1. The van der Waals surface area contributed by atoms with Gasteiger partial charge in [-0.25, -0.2) is 4.98 Å². The summed E-state index contributed by atoms with van der Waals surface area (Å²) in [7, 11) is 1.58. The number of nitrogens with one attached hydrogen (secondary N) is 2. The van der Waals surface area contributed by atoms with Gasteiger partial charge in [0.05, 0.1) is 5.56 Å². The normalized spacial score (nSPS) is 16.6. The Balaban J connectivity index is 1.55. The molecule has 1 saturated heterocycles. The van der Waals surface area contributed by atoms with E-state index in [4.69, 9.17) is 0 Å². The molecule has 0 bridgehead atoms. The van der Waals surface area contributed by atoms with E-state index in [1.54, 1.807) is 25.4 Å². The van der Waals surface area contributed by atoms with Crippen molar-refractivity contribution in [3.8, 4) is 0 Å². The van der Waals surface area contributed by atoms with E-state index in [9.17, 15) is 9.59 Å². The predicted molar refractivity (Wildman–Crippen MR) is 101 cm³/mol. The van der Waals surface area contributed by atoms with Crippen LogP contribution in [-0.2, 0) is 11.2 Å². The summed E-state index contributed by atoms with van der Waals surface area (Å²) >= 11 is 0. The molecule has 1 unspecified atom stereocenters. The average Bonchev–Trinajstić information content (AvgIpc) is 3.02. The third-order valence-corrected chi connectivity index (χ3v) is 4.62. The van der Waals surface area contributed by atoms with Gasteiger partial charge >= 0.3 is 0 Å². The number of hydrogen-bond acceptors (Lipinski definition) is 4. The number of hydrogen-bond donors (Lipinski definition) is 2. The molecular weight excluding hydrogens is 328 g/mol. The van der Waals surface area contributed by atoms with E-state index in [2.05, 4.69) is 27.8 Å². The summed E-state index contributed by atoms with van der Waals surface area (Å²) in [6, 6.07) is 13.4. The van der Waals surface area contributed by atoms with Crippen molar-refractivity contribution >= 4 is 17.6 Å². The largest absolute Gasteiger partial charge is 0.358 e. The van der Waals surface area contributed by atoms with Gasteiger partial charge in [-0.2, -0.15) is 0 Å². The maximum absolute atomic E-state index is 12.6. The van der Waals surface area contributed by atoms with Crippen molar-refractivity contribution in [2.24, 2.45) is 0 Å². The second-order valence-corrected chi connectivity index (χ2v) is 6.38. The number of aromatic nitrogens is 1. The van der Waals surface area contributed by atoms with Crippen molar-refractivity contribution in [2.75, 3.05) is 25.5 Å². The number of anilines is 1. The van der Waals surface area contributed by atoms with Gasteiger partial charge in [-0.05, 0) is 37.0 Å². The number of amides is 2. The molecule has 1 aliphatic heterocycles. The van der Waals surface area contributed by atoms with Crippen molar-refractivity contribution in [3.63, 3.8) is 0 Å². The first-order valence-electron chi connectivity index (χ1n) is 8.95. The average molecular weight is 352 g/mol. The van der Waals surface area contributed by atoms with Crippen molar-refractivity contribution in [2.45, 2.75) is 25.3 Å². The molecule has 3 rings (SSSR count). The number of likely N-dealkylation sites (tertiary alicyclic amines) is 1. The van der Waals surface area contributed by atoms with Crippen LogP contribution >= 0.6 is 0 Å². The van der Waals surface area contributed by atoms with Gasteiger partial charge in [-0.15, -0.1) is 0 Å². The fraction of sp³-hybridized carbons (Fsp3) is 0.350. The SMILES string of the molecule is CNC(=O)c1cccnc1NC1CCN(CCCc2ccccc2)C1=O. The van der Waals surface area contributed by atoms with Crippen LogP contribution in [0.3, 0.4) is 0 Å². The van der Waals surface area contributed by atoms with Gasteiger partial charge in [-0.3, -0.25) is 9.59 Å². The van der Waals surface area contributed by atoms with E-state index in [0.717, 1.165) is 25.9 Å². The Kier molecular flexibility index (Phi) is 5.84. The Hall–Kier alpha value is -2.89. The smallest absolute Gasteiger partial charge is 0.254 e. The van der Waals surface area contributed by atoms with Crippen LogP contribution in [0.4, 0.5) is 5.82 Å². The minimum Gasteiger partial charge on any atom is -0.358 e. The molecule has 1 atom stereocenters. The summed E-state index contributed by atoms with van der Waals surface area (Å²) in [5, 5.41) is 5.75. The quantitative estimate of drug-likeness (QED) is 0.800. The molecule has 0 aliphatic carbocycles. The lowest BCUT2D eigenvalue weighted by molar-refractivity contribution is -0.128. The summed E-state index contributed by atoms with van der Waals surface area (Å²) in [5.41, 5.74) is 1.74. The summed E-state index contributed by atoms with van der Waals surface area (Å²) in [5.74, 6) is 0.314. The molecule has 136 valence electrons. The zero-order chi connectivity index (χ0) is 18.4. The number of pyridine rings is 1. The molecular formula is C20H24N4O2. The summed E-state index contributed by atoms with van der Waals surface area (Å²) in [6.07, 6.45) is 4.24. The van der Waals surface area contributed by atoms with Crippen LogP contribution in [0.5, 0.6) is 0 Å². The monoisotopic (exact) mass is 352 g/mol. The number of nitrogens with zero attached hydrogens (tertiary/aromatic N) is 2. The van der Waals surface area contributed by atoms with E-state index in [1.807, 2.05) is 23.1 Å². The minimum atomic E-state index is -0.329. The fourth-order valence-electron chi connectivity index (χ4n) is 3.22. The first-order valence-corrected chi connectivity index (χ1v) is 8.95. The Bertz CT molecular complexity index is 763. The van der Waals surface area contributed by atoms with E-state index in [-0.39, 0.29) is 17.9 Å². The van der Waals surface area contributed by atoms with Gasteiger partial charge in [0.1, 0.15) is 11.9 Å². The third-order valence-electron chi connectivity index (χ3n) is 4.62. The lowest BCUT2D eigenvalue weighted by Crippen LogP contribution is -2.35. The molecule has 2 heterocycles. The summed E-state index contributed by atoms with van der Waals surface area (Å²) in [4.78, 5) is 30.7. The number of benzene rings is 1. The Morgan fingerprint density at radius 3 is 2.81 bits per heavy atom. The first kappa shape index (κ1) is 17.9. The maximum atomic E-state index is 12.6. The van der Waals surface area contributed by atoms with Gasteiger partial charge in [0.2, 0.25) is 5.91 Å². The van der Waals surface area contributed by atoms with Crippen molar-refractivity contribution in [3.05, 3.63) is 59.8 Å². The van der Waals surface area contributed by atoms with Crippen LogP contribution in [0.2, 0.25) is 0 Å². The fourth-order valence-corrected chi connectivity index (χ4v) is 3.22. The predicted octanol–water partition coefficient (Wildman–Crippen LogP) is 2.09. The van der Waals surface area contributed by atoms with Crippen LogP contribution in [0.1, 0.15) is 28.8 Å². The van der Waals surface area contributed by atoms with Gasteiger partial charge in [0, 0.05) is 26.3 Å². The van der Waals surface area contributed by atoms with Crippen LogP contribution < -0.4 is 10.6 Å². The van der Waals surface area contributed by atoms with E-state index < -0.39 is 0 Å². The summed E-state index contributed by atoms with van der Waals surface area (Å²) < 4.78 is 0. The van der Waals surface area contributed by atoms with Crippen molar-refractivity contribution in [1.82, 2.24) is 15.2 Å². The van der Waals surface area contributed by atoms with E-state index in [1.165, 1.54) is 5.56 Å². The highest BCUT2D eigenvalue weighted by atomic mass is 16.2. The van der Waals surface area contributed by atoms with Gasteiger partial charge in [-0.1, -0.05) is 30.3 Å². The molecule has 0 spiro atoms. The van der Waals surface area contributed by atoms with Gasteiger partial charge < -0.3 is 15.5 Å². The molecule has 1 fully saturated rings. The molecule has 0 radical (unpaired) electrons. The molecule has 1 aromatic carbocycles. The highest BCUT2D eigenvalue weighted by Gasteiger charge is 2.32. The van der Waals surface area contributed by atoms with Crippen molar-refractivity contribution < 1.29 is 9.59 Å². The highest BCUT2D eigenvalue weighted by molar-refractivity contribution is 5.99. The molecule has 0 saturated carbocycles. The highest BCUT2D eigenvalue weighted by Crippen LogP contribution is 2.19. The number of carbonyl (C=O) groups excluding carboxylic acids is 2. The van der Waals surface area contributed by atoms with Crippen LogP contribution in [0.25, 0.3) is 0 Å². The van der Waals surface area contributed by atoms with Crippen LogP contribution in [-0.4, -0.2) is 47.9 Å². The molecule has 2 aromatic rings. The molecule has 2 amide bonds. The standard InChI is InChI=1S/C20H24N4O2/c1-21-19(25)16-10-5-12-22-18(16)23-17-11-14-24(20(17)26)13-6-9-15-7-3-2-4-8-15/h2-5,7-8,10,12,17H,6,9,11,13-14H2,1H3,(H,21,25)(H,22,23). The second kappa shape index (κ2) is 8.47. The molecule has 26 heavy (non-hydrogen) atoms. The molecule has 6 heteroatoms. The van der Waals surface area contributed by atoms with Crippen LogP contribution in [0.15, 0.2) is 48.7 Å². The van der Waals surface area contributed by atoms with Crippen LogP contribution in [0, 0.1) is 0 Å². The van der Waals surface area contributed by atoms with Gasteiger partial charge in [0.25, 0.3) is 5.91 Å². The zero-order valence-electron chi connectivity index (χ0n) is 14.9. The molecule has 2 N–H and O–H groups in total. The third kappa shape index (κ3) is 4.20. The minimum absolute atomic E-state index is 0.0755. The second-order valence-electron chi connectivity index (χ2n) is 6.38. The lowest BCUT2D eigenvalue weighted by atomic mass is 10.1. The Labute approximate surface area is 153 Å². The zero-order valence-corrected chi connectivity index (χ0v) is 14.9. The molecule has 6 nitrogen and oxygen atoms in total. The van der Waals surface area contributed by atoms with Gasteiger partial charge in [0.15, 0.2) is 0 Å². The Morgan fingerprint density at radius 1 is 1.23 bits per heavy atom. The molecule has 1 aromatic heterocycles. The van der Waals surface area contributed by atoms with E-state index >= 15 is 0 Å².